The Labute approximate surface area is 168 Å². The third-order valence-electron chi connectivity index (χ3n) is 3.61. The SMILES string of the molecule is CCOc1ccc(C)cc1S(=O)(=O)Oc1c(Br)cc(Br)c2cccnc12. The van der Waals surface area contributed by atoms with Crippen molar-refractivity contribution in [3.8, 4) is 11.5 Å². The van der Waals surface area contributed by atoms with Gasteiger partial charge in [0.15, 0.2) is 5.75 Å². The van der Waals surface area contributed by atoms with E-state index in [4.69, 9.17) is 8.92 Å². The highest BCUT2D eigenvalue weighted by Crippen LogP contribution is 2.39. The van der Waals surface area contributed by atoms with Crippen molar-refractivity contribution in [3.05, 3.63) is 57.1 Å². The molecule has 2 aromatic carbocycles. The molecule has 0 bridgehead atoms. The van der Waals surface area contributed by atoms with Gasteiger partial charge in [0.1, 0.15) is 16.2 Å². The monoisotopic (exact) mass is 499 g/mol. The molecule has 5 nitrogen and oxygen atoms in total. The second kappa shape index (κ2) is 7.54. The van der Waals surface area contributed by atoms with E-state index in [-0.39, 0.29) is 16.4 Å². The van der Waals surface area contributed by atoms with Crippen LogP contribution in [0.2, 0.25) is 0 Å². The van der Waals surface area contributed by atoms with Crippen LogP contribution < -0.4 is 8.92 Å². The molecule has 1 heterocycles. The van der Waals surface area contributed by atoms with E-state index in [0.29, 0.717) is 16.6 Å². The number of hydrogen-bond acceptors (Lipinski definition) is 5. The lowest BCUT2D eigenvalue weighted by Crippen LogP contribution is -2.13. The Morgan fingerprint density at radius 2 is 1.88 bits per heavy atom. The normalized spacial score (nSPS) is 11.5. The minimum Gasteiger partial charge on any atom is -0.492 e. The number of hydrogen-bond donors (Lipinski definition) is 0. The first-order valence-corrected chi connectivity index (χ1v) is 10.7. The molecule has 0 amide bonds. The lowest BCUT2D eigenvalue weighted by atomic mass is 10.2. The molecule has 8 heteroatoms. The van der Waals surface area contributed by atoms with Crippen molar-refractivity contribution in [1.29, 1.82) is 0 Å². The zero-order valence-corrected chi connectivity index (χ0v) is 18.0. The van der Waals surface area contributed by atoms with E-state index in [1.807, 2.05) is 6.07 Å². The zero-order valence-electron chi connectivity index (χ0n) is 14.0. The number of fused-ring (bicyclic) bond motifs is 1. The van der Waals surface area contributed by atoms with Crippen LogP contribution in [-0.2, 0) is 10.1 Å². The van der Waals surface area contributed by atoms with Crippen LogP contribution in [0.4, 0.5) is 0 Å². The minimum atomic E-state index is -4.13. The molecule has 0 radical (unpaired) electrons. The van der Waals surface area contributed by atoms with Gasteiger partial charge in [-0.2, -0.15) is 8.42 Å². The summed E-state index contributed by atoms with van der Waals surface area (Å²) in [5.74, 6) is 0.386. The van der Waals surface area contributed by atoms with E-state index in [0.717, 1.165) is 15.4 Å². The third-order valence-corrected chi connectivity index (χ3v) is 6.10. The van der Waals surface area contributed by atoms with Crippen LogP contribution in [0, 0.1) is 6.92 Å². The third kappa shape index (κ3) is 3.72. The summed E-state index contributed by atoms with van der Waals surface area (Å²) in [4.78, 5) is 4.26. The molecule has 0 aliphatic heterocycles. The van der Waals surface area contributed by atoms with Gasteiger partial charge in [-0.3, -0.25) is 4.98 Å². The first-order chi connectivity index (χ1) is 12.3. The number of nitrogens with zero attached hydrogens (tertiary/aromatic N) is 1. The number of aromatic nitrogens is 1. The molecule has 3 rings (SSSR count). The number of ether oxygens (including phenoxy) is 1. The summed E-state index contributed by atoms with van der Waals surface area (Å²) in [6.45, 7) is 3.94. The Kier molecular flexibility index (Phi) is 5.55. The highest BCUT2D eigenvalue weighted by Gasteiger charge is 2.25. The fourth-order valence-electron chi connectivity index (χ4n) is 2.47. The molecule has 0 saturated heterocycles. The van der Waals surface area contributed by atoms with Gasteiger partial charge in [0.25, 0.3) is 0 Å². The summed E-state index contributed by atoms with van der Waals surface area (Å²) < 4.78 is 38.1. The van der Waals surface area contributed by atoms with Gasteiger partial charge < -0.3 is 8.92 Å². The molecule has 136 valence electrons. The number of benzene rings is 2. The zero-order chi connectivity index (χ0) is 18.9. The van der Waals surface area contributed by atoms with Gasteiger partial charge in [0, 0.05) is 16.1 Å². The standard InChI is InChI=1S/C18H15Br2NO4S/c1-3-24-15-7-6-11(2)9-16(15)26(22,23)25-18-14(20)10-13(19)12-5-4-8-21-17(12)18/h4-10H,3H2,1-2H3. The fourth-order valence-corrected chi connectivity index (χ4v) is 5.11. The highest BCUT2D eigenvalue weighted by atomic mass is 79.9. The van der Waals surface area contributed by atoms with Crippen molar-refractivity contribution >= 4 is 52.9 Å². The summed E-state index contributed by atoms with van der Waals surface area (Å²) in [7, 11) is -4.13. The average Bonchev–Trinajstić information content (AvgIpc) is 2.60. The molecule has 3 aromatic rings. The quantitative estimate of drug-likeness (QED) is 0.448. The van der Waals surface area contributed by atoms with Gasteiger partial charge in [-0.25, -0.2) is 0 Å². The summed E-state index contributed by atoms with van der Waals surface area (Å²) in [5, 5.41) is 0.746. The maximum atomic E-state index is 13.0. The Morgan fingerprint density at radius 3 is 2.62 bits per heavy atom. The molecule has 0 saturated carbocycles. The van der Waals surface area contributed by atoms with Crippen molar-refractivity contribution in [2.24, 2.45) is 0 Å². The summed E-state index contributed by atoms with van der Waals surface area (Å²) in [5.41, 5.74) is 1.22. The van der Waals surface area contributed by atoms with E-state index in [1.165, 1.54) is 6.07 Å². The van der Waals surface area contributed by atoms with Crippen LogP contribution in [0.15, 0.2) is 56.4 Å². The van der Waals surface area contributed by atoms with E-state index in [9.17, 15) is 8.42 Å². The molecule has 26 heavy (non-hydrogen) atoms. The first-order valence-electron chi connectivity index (χ1n) is 7.74. The Morgan fingerprint density at radius 1 is 1.12 bits per heavy atom. The topological polar surface area (TPSA) is 65.5 Å². The lowest BCUT2D eigenvalue weighted by molar-refractivity contribution is 0.329. The van der Waals surface area contributed by atoms with Gasteiger partial charge in [-0.15, -0.1) is 0 Å². The maximum absolute atomic E-state index is 13.0. The molecule has 1 aromatic heterocycles. The van der Waals surface area contributed by atoms with Crippen LogP contribution >= 0.6 is 31.9 Å². The molecule has 0 spiro atoms. The molecular formula is C18H15Br2NO4S. The molecular weight excluding hydrogens is 486 g/mol. The van der Waals surface area contributed by atoms with Crippen molar-refractivity contribution in [2.45, 2.75) is 18.7 Å². The van der Waals surface area contributed by atoms with Gasteiger partial charge in [0.05, 0.1) is 11.1 Å². The van der Waals surface area contributed by atoms with E-state index in [1.54, 1.807) is 44.3 Å². The Hall–Kier alpha value is -1.64. The molecule has 0 aliphatic rings. The largest absolute Gasteiger partial charge is 0.492 e. The van der Waals surface area contributed by atoms with Crippen LogP contribution in [0.5, 0.6) is 11.5 Å². The van der Waals surface area contributed by atoms with Crippen LogP contribution in [-0.4, -0.2) is 20.0 Å². The lowest BCUT2D eigenvalue weighted by Gasteiger charge is -2.14. The van der Waals surface area contributed by atoms with Crippen molar-refractivity contribution in [2.75, 3.05) is 6.61 Å². The number of aryl methyl sites for hydroxylation is 1. The predicted octanol–water partition coefficient (Wildman–Crippen LogP) is 5.23. The number of halogens is 2. The summed E-state index contributed by atoms with van der Waals surface area (Å²) >= 11 is 6.82. The van der Waals surface area contributed by atoms with Gasteiger partial charge in [-0.1, -0.05) is 28.1 Å². The number of pyridine rings is 1. The van der Waals surface area contributed by atoms with Crippen LogP contribution in [0.1, 0.15) is 12.5 Å². The molecule has 0 unspecified atom stereocenters. The van der Waals surface area contributed by atoms with Crippen molar-refractivity contribution < 1.29 is 17.3 Å². The van der Waals surface area contributed by atoms with Gasteiger partial charge in [0.2, 0.25) is 0 Å². The van der Waals surface area contributed by atoms with Gasteiger partial charge in [-0.05, 0) is 59.6 Å². The van der Waals surface area contributed by atoms with E-state index >= 15 is 0 Å². The first kappa shape index (κ1) is 19.1. The van der Waals surface area contributed by atoms with E-state index in [2.05, 4.69) is 36.8 Å². The summed E-state index contributed by atoms with van der Waals surface area (Å²) in [6.07, 6.45) is 1.58. The Balaban J connectivity index is 2.15. The van der Waals surface area contributed by atoms with E-state index < -0.39 is 10.1 Å². The van der Waals surface area contributed by atoms with Crippen LogP contribution in [0.3, 0.4) is 0 Å². The van der Waals surface area contributed by atoms with Crippen LogP contribution in [0.25, 0.3) is 10.9 Å². The smallest absolute Gasteiger partial charge is 0.343 e. The Bertz CT molecular complexity index is 1080. The molecule has 0 fully saturated rings. The maximum Gasteiger partial charge on any atom is 0.343 e. The minimum absolute atomic E-state index is 0.0155. The molecule has 0 atom stereocenters. The van der Waals surface area contributed by atoms with Gasteiger partial charge >= 0.3 is 10.1 Å². The predicted molar refractivity (Wildman–Crippen MR) is 107 cm³/mol. The molecule has 0 aliphatic carbocycles. The van der Waals surface area contributed by atoms with Crippen molar-refractivity contribution in [1.82, 2.24) is 4.98 Å². The number of rotatable bonds is 5. The highest BCUT2D eigenvalue weighted by molar-refractivity contribution is 9.11. The van der Waals surface area contributed by atoms with Crippen molar-refractivity contribution in [3.63, 3.8) is 0 Å². The average molecular weight is 501 g/mol. The second-order valence-corrected chi connectivity index (χ2v) is 8.71. The summed E-state index contributed by atoms with van der Waals surface area (Å²) in [6, 6.07) is 10.3. The fraction of sp³-hybridized carbons (Fsp3) is 0.167. The second-order valence-electron chi connectivity index (χ2n) is 5.49. The molecule has 0 N–H and O–H groups in total.